The van der Waals surface area contributed by atoms with Gasteiger partial charge in [0.15, 0.2) is 5.88 Å². The monoisotopic (exact) mass is 498 g/mol. The Morgan fingerprint density at radius 3 is 2.78 bits per heavy atom. The summed E-state index contributed by atoms with van der Waals surface area (Å²) in [6.45, 7) is 9.98. The minimum atomic E-state index is -0.0216. The zero-order valence-corrected chi connectivity index (χ0v) is 20.5. The molecule has 6 nitrogen and oxygen atoms in total. The van der Waals surface area contributed by atoms with Crippen molar-refractivity contribution in [1.82, 2.24) is 20.2 Å². The summed E-state index contributed by atoms with van der Waals surface area (Å²) in [5, 5.41) is 14.8. The number of aromatic nitrogens is 2. The average Bonchev–Trinajstić information content (AvgIpc) is 3.28. The van der Waals surface area contributed by atoms with Gasteiger partial charge < -0.3 is 25.3 Å². The number of amides is 1. The number of aryl methyl sites for hydroxylation is 1. The Kier molecular flexibility index (Phi) is 6.76. The van der Waals surface area contributed by atoms with Gasteiger partial charge in [-0.05, 0) is 69.6 Å². The number of rotatable bonds is 8. The Morgan fingerprint density at radius 1 is 1.25 bits per heavy atom. The zero-order chi connectivity index (χ0) is 22.8. The van der Waals surface area contributed by atoms with Crippen LogP contribution in [0.2, 0.25) is 0 Å². The number of carbonyl (C=O) groups is 1. The first-order valence-electron chi connectivity index (χ1n) is 11.4. The Bertz CT molecular complexity index is 1170. The van der Waals surface area contributed by atoms with E-state index in [4.69, 9.17) is 0 Å². The van der Waals surface area contributed by atoms with Gasteiger partial charge in [-0.3, -0.25) is 4.79 Å². The number of allylic oxidation sites excluding steroid dienone is 1. The summed E-state index contributed by atoms with van der Waals surface area (Å²) in [7, 11) is 0. The van der Waals surface area contributed by atoms with Gasteiger partial charge in [0.25, 0.3) is 5.91 Å². The number of H-pyrrole nitrogens is 2. The summed E-state index contributed by atoms with van der Waals surface area (Å²) in [6, 6.07) is 5.91. The van der Waals surface area contributed by atoms with Crippen molar-refractivity contribution < 1.29 is 9.90 Å². The lowest BCUT2D eigenvalue weighted by Crippen LogP contribution is -2.30. The molecule has 170 valence electrons. The smallest absolute Gasteiger partial charge is 0.253 e. The molecule has 32 heavy (non-hydrogen) atoms. The van der Waals surface area contributed by atoms with Gasteiger partial charge in [0.05, 0.1) is 16.8 Å². The molecule has 4 N–H and O–H groups in total. The quantitative estimate of drug-likeness (QED) is 0.325. The van der Waals surface area contributed by atoms with E-state index in [1.807, 2.05) is 25.1 Å². The Hall–Kier alpha value is -2.51. The Morgan fingerprint density at radius 2 is 2.03 bits per heavy atom. The fourth-order valence-corrected chi connectivity index (χ4v) is 5.07. The van der Waals surface area contributed by atoms with Crippen molar-refractivity contribution >= 4 is 38.3 Å². The van der Waals surface area contributed by atoms with E-state index < -0.39 is 0 Å². The van der Waals surface area contributed by atoms with E-state index in [1.165, 1.54) is 0 Å². The SMILES string of the molecule is CCN(CC)CCCNC(=O)c1c(C)[nH]c2c1CCC=C2c1c(O)[nH]c2ccc(Br)cc12. The van der Waals surface area contributed by atoms with Gasteiger partial charge >= 0.3 is 0 Å². The number of hydrogen-bond acceptors (Lipinski definition) is 3. The maximum Gasteiger partial charge on any atom is 0.253 e. The fraction of sp³-hybridized carbons (Fsp3) is 0.400. The molecule has 0 saturated carbocycles. The lowest BCUT2D eigenvalue weighted by Gasteiger charge is -2.18. The lowest BCUT2D eigenvalue weighted by atomic mass is 9.89. The molecule has 0 atom stereocenters. The molecule has 1 aromatic carbocycles. The zero-order valence-electron chi connectivity index (χ0n) is 18.9. The third-order valence-corrected chi connectivity index (χ3v) is 6.86. The van der Waals surface area contributed by atoms with Crippen LogP contribution in [0.15, 0.2) is 28.7 Å². The maximum atomic E-state index is 13.1. The summed E-state index contributed by atoms with van der Waals surface area (Å²) < 4.78 is 0.953. The van der Waals surface area contributed by atoms with E-state index in [1.54, 1.807) is 0 Å². The highest BCUT2D eigenvalue weighted by Crippen LogP contribution is 2.41. The van der Waals surface area contributed by atoms with Gasteiger partial charge in [-0.2, -0.15) is 0 Å². The van der Waals surface area contributed by atoms with Crippen LogP contribution in [0.3, 0.4) is 0 Å². The molecule has 0 spiro atoms. The number of hydrogen-bond donors (Lipinski definition) is 4. The highest BCUT2D eigenvalue weighted by molar-refractivity contribution is 9.10. The second-order valence-corrected chi connectivity index (χ2v) is 9.23. The van der Waals surface area contributed by atoms with Crippen LogP contribution in [-0.4, -0.2) is 52.1 Å². The third-order valence-electron chi connectivity index (χ3n) is 6.37. The molecule has 0 aliphatic heterocycles. The van der Waals surface area contributed by atoms with Gasteiger partial charge in [-0.15, -0.1) is 0 Å². The van der Waals surface area contributed by atoms with Crippen molar-refractivity contribution in [3.63, 3.8) is 0 Å². The standard InChI is InChI=1S/C25H31BrN4O2/c1-4-30(5-2)13-7-12-27-24(31)21-15(3)28-23-17(21)8-6-9-18(23)22-19-14-16(26)10-11-20(19)29-25(22)32/h9-11,14,28-29,32H,4-8,12-13H2,1-3H3,(H,27,31). The molecule has 2 heterocycles. The van der Waals surface area contributed by atoms with E-state index in [-0.39, 0.29) is 11.8 Å². The van der Waals surface area contributed by atoms with E-state index in [0.717, 1.165) is 87.9 Å². The fourth-order valence-electron chi connectivity index (χ4n) is 4.71. The first-order valence-corrected chi connectivity index (χ1v) is 12.2. The number of halogens is 1. The van der Waals surface area contributed by atoms with Crippen LogP contribution in [0.5, 0.6) is 5.88 Å². The predicted octanol–water partition coefficient (Wildman–Crippen LogP) is 5.11. The lowest BCUT2D eigenvalue weighted by molar-refractivity contribution is 0.0950. The largest absolute Gasteiger partial charge is 0.494 e. The molecule has 3 aromatic rings. The van der Waals surface area contributed by atoms with E-state index in [9.17, 15) is 9.90 Å². The van der Waals surface area contributed by atoms with E-state index >= 15 is 0 Å². The first kappa shape index (κ1) is 22.7. The molecule has 4 rings (SSSR count). The van der Waals surface area contributed by atoms with Crippen molar-refractivity contribution in [2.24, 2.45) is 0 Å². The van der Waals surface area contributed by atoms with Crippen molar-refractivity contribution in [3.05, 3.63) is 56.8 Å². The van der Waals surface area contributed by atoms with Gasteiger partial charge in [0.1, 0.15) is 0 Å². The van der Waals surface area contributed by atoms with E-state index in [0.29, 0.717) is 6.54 Å². The number of aromatic amines is 2. The molecule has 1 aliphatic carbocycles. The van der Waals surface area contributed by atoms with Crippen molar-refractivity contribution in [2.45, 2.75) is 40.0 Å². The minimum Gasteiger partial charge on any atom is -0.494 e. The second-order valence-electron chi connectivity index (χ2n) is 8.31. The van der Waals surface area contributed by atoms with Crippen molar-refractivity contribution in [3.8, 4) is 5.88 Å². The molecule has 0 fully saturated rings. The molecule has 0 saturated heterocycles. The van der Waals surface area contributed by atoms with Crippen LogP contribution in [-0.2, 0) is 6.42 Å². The van der Waals surface area contributed by atoms with Gasteiger partial charge in [-0.25, -0.2) is 0 Å². The number of fused-ring (bicyclic) bond motifs is 2. The van der Waals surface area contributed by atoms with Crippen molar-refractivity contribution in [2.75, 3.05) is 26.2 Å². The van der Waals surface area contributed by atoms with Crippen molar-refractivity contribution in [1.29, 1.82) is 0 Å². The van der Waals surface area contributed by atoms with Crippen LogP contribution in [0.25, 0.3) is 16.5 Å². The molecule has 2 aromatic heterocycles. The molecular formula is C25H31BrN4O2. The molecule has 7 heteroatoms. The van der Waals surface area contributed by atoms with E-state index in [2.05, 4.69) is 56.0 Å². The molecule has 0 unspecified atom stereocenters. The molecule has 1 aliphatic rings. The molecule has 0 bridgehead atoms. The maximum absolute atomic E-state index is 13.1. The van der Waals surface area contributed by atoms with Crippen LogP contribution in [0, 0.1) is 6.92 Å². The summed E-state index contributed by atoms with van der Waals surface area (Å²) in [4.78, 5) is 22.0. The predicted molar refractivity (Wildman–Crippen MR) is 133 cm³/mol. The molecule has 1 amide bonds. The van der Waals surface area contributed by atoms with Gasteiger partial charge in [0, 0.05) is 33.2 Å². The summed E-state index contributed by atoms with van der Waals surface area (Å²) >= 11 is 3.54. The summed E-state index contributed by atoms with van der Waals surface area (Å²) in [5.41, 5.74) is 6.16. The second kappa shape index (κ2) is 9.55. The number of benzene rings is 1. The van der Waals surface area contributed by atoms with Gasteiger partial charge in [0.2, 0.25) is 0 Å². The van der Waals surface area contributed by atoms with Gasteiger partial charge in [-0.1, -0.05) is 35.9 Å². The summed E-state index contributed by atoms with van der Waals surface area (Å²) in [5.74, 6) is 0.124. The molecular weight excluding hydrogens is 468 g/mol. The normalized spacial score (nSPS) is 13.5. The van der Waals surface area contributed by atoms with Crippen LogP contribution in [0.1, 0.15) is 59.6 Å². The highest BCUT2D eigenvalue weighted by atomic mass is 79.9. The number of nitrogens with one attached hydrogen (secondary N) is 3. The topological polar surface area (TPSA) is 84.2 Å². The summed E-state index contributed by atoms with van der Waals surface area (Å²) in [6.07, 6.45) is 4.70. The molecule has 0 radical (unpaired) electrons. The number of carbonyl (C=O) groups excluding carboxylic acids is 1. The average molecular weight is 499 g/mol. The minimum absolute atomic E-state index is 0.0216. The van der Waals surface area contributed by atoms with Crippen LogP contribution in [0.4, 0.5) is 0 Å². The number of aromatic hydroxyl groups is 1. The first-order chi connectivity index (χ1) is 15.4. The number of nitrogens with zero attached hydrogens (tertiary/aromatic N) is 1. The third kappa shape index (κ3) is 4.24. The van der Waals surface area contributed by atoms with Crippen LogP contribution < -0.4 is 5.32 Å². The Balaban J connectivity index is 1.60. The highest BCUT2D eigenvalue weighted by Gasteiger charge is 2.28. The van der Waals surface area contributed by atoms with Crippen LogP contribution >= 0.6 is 15.9 Å². The Labute approximate surface area is 197 Å².